The molecule has 2 heterocycles. The highest BCUT2D eigenvalue weighted by Crippen LogP contribution is 2.24. The number of aromatic nitrogens is 2. The van der Waals surface area contributed by atoms with Crippen molar-refractivity contribution in [3.8, 4) is 17.4 Å². The predicted octanol–water partition coefficient (Wildman–Crippen LogP) is 2.21. The summed E-state index contributed by atoms with van der Waals surface area (Å²) < 4.78 is 16.1. The van der Waals surface area contributed by atoms with E-state index in [1.807, 2.05) is 13.0 Å². The van der Waals surface area contributed by atoms with Crippen molar-refractivity contribution in [3.05, 3.63) is 35.7 Å². The normalized spacial score (nSPS) is 13.3. The summed E-state index contributed by atoms with van der Waals surface area (Å²) in [6.07, 6.45) is 2.36. The monoisotopic (exact) mass is 386 g/mol. The molecule has 150 valence electrons. The first-order valence-electron chi connectivity index (χ1n) is 9.34. The van der Waals surface area contributed by atoms with E-state index in [4.69, 9.17) is 14.2 Å². The first-order valence-corrected chi connectivity index (χ1v) is 9.34. The lowest BCUT2D eigenvalue weighted by molar-refractivity contribution is 0.0943. The molecule has 0 spiro atoms. The average molecular weight is 386 g/mol. The Kier molecular flexibility index (Phi) is 6.52. The maximum Gasteiger partial charge on any atom is 0.255 e. The highest BCUT2D eigenvalue weighted by molar-refractivity contribution is 5.97. The van der Waals surface area contributed by atoms with Crippen LogP contribution in [0.25, 0.3) is 0 Å². The molecule has 8 nitrogen and oxygen atoms in total. The molecule has 0 aliphatic carbocycles. The van der Waals surface area contributed by atoms with E-state index in [1.165, 1.54) is 20.0 Å². The van der Waals surface area contributed by atoms with Gasteiger partial charge in [0.2, 0.25) is 5.88 Å². The van der Waals surface area contributed by atoms with E-state index in [2.05, 4.69) is 20.2 Å². The van der Waals surface area contributed by atoms with Crippen LogP contribution in [0, 0.1) is 6.92 Å². The van der Waals surface area contributed by atoms with Gasteiger partial charge in [-0.25, -0.2) is 4.98 Å². The second-order valence-corrected chi connectivity index (χ2v) is 6.48. The van der Waals surface area contributed by atoms with Crippen LogP contribution in [0.4, 0.5) is 5.82 Å². The molecule has 2 aromatic rings. The number of nitrogens with zero attached hydrogens (tertiary/aromatic N) is 3. The van der Waals surface area contributed by atoms with Crippen LogP contribution in [0.5, 0.6) is 17.4 Å². The zero-order valence-corrected chi connectivity index (χ0v) is 16.5. The van der Waals surface area contributed by atoms with Gasteiger partial charge in [0.1, 0.15) is 29.7 Å². The number of benzene rings is 1. The van der Waals surface area contributed by atoms with Gasteiger partial charge in [0, 0.05) is 19.2 Å². The van der Waals surface area contributed by atoms with E-state index in [0.717, 1.165) is 18.9 Å². The van der Waals surface area contributed by atoms with E-state index in [9.17, 15) is 4.79 Å². The molecular formula is C20H26N4O4. The molecular weight excluding hydrogens is 360 g/mol. The Balaban J connectivity index is 1.55. The average Bonchev–Trinajstić information content (AvgIpc) is 3.25. The van der Waals surface area contributed by atoms with Gasteiger partial charge in [0.25, 0.3) is 5.91 Å². The molecule has 1 N–H and O–H groups in total. The van der Waals surface area contributed by atoms with Crippen molar-refractivity contribution in [3.63, 3.8) is 0 Å². The van der Waals surface area contributed by atoms with E-state index < -0.39 is 0 Å². The summed E-state index contributed by atoms with van der Waals surface area (Å²) in [5.74, 6) is 2.90. The number of aryl methyl sites for hydroxylation is 1. The topological polar surface area (TPSA) is 85.8 Å². The molecule has 0 saturated carbocycles. The Morgan fingerprint density at radius 1 is 1.14 bits per heavy atom. The largest absolute Gasteiger partial charge is 0.497 e. The first kappa shape index (κ1) is 19.7. The Bertz CT molecular complexity index is 822. The summed E-state index contributed by atoms with van der Waals surface area (Å²) in [7, 11) is 3.08. The summed E-state index contributed by atoms with van der Waals surface area (Å²) in [5.41, 5.74) is 0.413. The number of carbonyl (C=O) groups excluding carboxylic acids is 1. The van der Waals surface area contributed by atoms with Gasteiger partial charge in [-0.2, -0.15) is 4.98 Å². The second kappa shape index (κ2) is 9.25. The number of anilines is 1. The first-order chi connectivity index (χ1) is 13.6. The van der Waals surface area contributed by atoms with Crippen LogP contribution in [0.15, 0.2) is 24.3 Å². The molecule has 1 aliphatic heterocycles. The van der Waals surface area contributed by atoms with E-state index in [-0.39, 0.29) is 5.91 Å². The standard InChI is InChI=1S/C20H26N4O4/c1-14-22-18(24-9-4-5-10-24)13-19(23-14)28-11-8-21-20(25)16-12-15(26-2)6-7-17(16)27-3/h6-7,12-13H,4-5,8-11H2,1-3H3,(H,21,25). The van der Waals surface area contributed by atoms with Crippen molar-refractivity contribution in [2.75, 3.05) is 45.4 Å². The van der Waals surface area contributed by atoms with Gasteiger partial charge >= 0.3 is 0 Å². The number of hydrogen-bond donors (Lipinski definition) is 1. The highest BCUT2D eigenvalue weighted by Gasteiger charge is 2.16. The van der Waals surface area contributed by atoms with E-state index in [0.29, 0.717) is 41.9 Å². The Morgan fingerprint density at radius 3 is 2.64 bits per heavy atom. The van der Waals surface area contributed by atoms with Gasteiger partial charge in [-0.1, -0.05) is 0 Å². The third-order valence-electron chi connectivity index (χ3n) is 4.52. The predicted molar refractivity (Wildman–Crippen MR) is 106 cm³/mol. The van der Waals surface area contributed by atoms with Crippen molar-refractivity contribution in [1.29, 1.82) is 0 Å². The van der Waals surface area contributed by atoms with E-state index in [1.54, 1.807) is 25.3 Å². The Morgan fingerprint density at radius 2 is 1.93 bits per heavy atom. The molecule has 3 rings (SSSR count). The van der Waals surface area contributed by atoms with Crippen molar-refractivity contribution in [1.82, 2.24) is 15.3 Å². The fraction of sp³-hybridized carbons (Fsp3) is 0.450. The number of ether oxygens (including phenoxy) is 3. The van der Waals surface area contributed by atoms with Crippen LogP contribution in [-0.4, -0.2) is 56.3 Å². The Labute approximate surface area is 164 Å². The van der Waals surface area contributed by atoms with Crippen molar-refractivity contribution >= 4 is 11.7 Å². The minimum absolute atomic E-state index is 0.254. The van der Waals surface area contributed by atoms with Crippen LogP contribution in [0.2, 0.25) is 0 Å². The lowest BCUT2D eigenvalue weighted by atomic mass is 10.1. The zero-order chi connectivity index (χ0) is 19.9. The lowest BCUT2D eigenvalue weighted by Crippen LogP contribution is -2.28. The molecule has 28 heavy (non-hydrogen) atoms. The van der Waals surface area contributed by atoms with Crippen LogP contribution < -0.4 is 24.4 Å². The van der Waals surface area contributed by atoms with Crippen LogP contribution >= 0.6 is 0 Å². The maximum atomic E-state index is 12.5. The SMILES string of the molecule is COc1ccc(OC)c(C(=O)NCCOc2cc(N3CCCC3)nc(C)n2)c1. The second-order valence-electron chi connectivity index (χ2n) is 6.48. The van der Waals surface area contributed by atoms with Gasteiger partial charge in [0.15, 0.2) is 0 Å². The molecule has 1 amide bonds. The van der Waals surface area contributed by atoms with Crippen molar-refractivity contribution in [2.45, 2.75) is 19.8 Å². The molecule has 1 aromatic carbocycles. The molecule has 1 aliphatic rings. The Hall–Kier alpha value is -3.03. The third kappa shape index (κ3) is 4.82. The third-order valence-corrected chi connectivity index (χ3v) is 4.52. The van der Waals surface area contributed by atoms with Crippen LogP contribution in [0.3, 0.4) is 0 Å². The van der Waals surface area contributed by atoms with Crippen LogP contribution in [-0.2, 0) is 0 Å². The van der Waals surface area contributed by atoms with Crippen molar-refractivity contribution in [2.24, 2.45) is 0 Å². The maximum absolute atomic E-state index is 12.5. The molecule has 0 radical (unpaired) electrons. The lowest BCUT2D eigenvalue weighted by Gasteiger charge is -2.17. The molecule has 0 unspecified atom stereocenters. The van der Waals surface area contributed by atoms with Gasteiger partial charge in [0.05, 0.1) is 26.3 Å². The van der Waals surface area contributed by atoms with Gasteiger partial charge < -0.3 is 24.4 Å². The molecule has 0 bridgehead atoms. The van der Waals surface area contributed by atoms with Gasteiger partial charge in [-0.3, -0.25) is 4.79 Å². The van der Waals surface area contributed by atoms with Gasteiger partial charge in [-0.05, 0) is 38.0 Å². The zero-order valence-electron chi connectivity index (χ0n) is 16.5. The number of amides is 1. The van der Waals surface area contributed by atoms with Crippen molar-refractivity contribution < 1.29 is 19.0 Å². The molecule has 1 fully saturated rings. The fourth-order valence-corrected chi connectivity index (χ4v) is 3.11. The summed E-state index contributed by atoms with van der Waals surface area (Å²) >= 11 is 0. The quantitative estimate of drug-likeness (QED) is 0.696. The number of hydrogen-bond acceptors (Lipinski definition) is 7. The summed E-state index contributed by atoms with van der Waals surface area (Å²) in [6, 6.07) is 6.94. The summed E-state index contributed by atoms with van der Waals surface area (Å²) in [5, 5.41) is 2.83. The molecule has 0 atom stereocenters. The fourth-order valence-electron chi connectivity index (χ4n) is 3.11. The summed E-state index contributed by atoms with van der Waals surface area (Å²) in [6.45, 7) is 4.50. The van der Waals surface area contributed by atoms with E-state index >= 15 is 0 Å². The minimum atomic E-state index is -0.254. The van der Waals surface area contributed by atoms with Crippen LogP contribution in [0.1, 0.15) is 29.0 Å². The number of methoxy groups -OCH3 is 2. The highest BCUT2D eigenvalue weighted by atomic mass is 16.5. The number of rotatable bonds is 8. The molecule has 1 saturated heterocycles. The minimum Gasteiger partial charge on any atom is -0.497 e. The molecule has 8 heteroatoms. The smallest absolute Gasteiger partial charge is 0.255 e. The number of carbonyl (C=O) groups is 1. The van der Waals surface area contributed by atoms with Gasteiger partial charge in [-0.15, -0.1) is 0 Å². The summed E-state index contributed by atoms with van der Waals surface area (Å²) in [4.78, 5) is 23.5. The number of nitrogens with one attached hydrogen (secondary N) is 1. The molecule has 1 aromatic heterocycles.